The Bertz CT molecular complexity index is 1060. The third-order valence-corrected chi connectivity index (χ3v) is 7.03. The van der Waals surface area contributed by atoms with Crippen molar-refractivity contribution in [1.29, 1.82) is 0 Å². The van der Waals surface area contributed by atoms with Gasteiger partial charge in [0.25, 0.3) is 0 Å². The minimum atomic E-state index is -1.10. The number of cyclic esters (lactones) is 1. The maximum atomic E-state index is 13.2. The number of aliphatic hydroxyl groups is 2. The molecule has 2 fully saturated rings. The van der Waals surface area contributed by atoms with Gasteiger partial charge in [-0.05, 0) is 37.5 Å². The van der Waals surface area contributed by atoms with Gasteiger partial charge in [0, 0.05) is 19.4 Å². The first-order valence-corrected chi connectivity index (χ1v) is 11.9. The molecule has 2 N–H and O–H groups in total. The summed E-state index contributed by atoms with van der Waals surface area (Å²) in [7, 11) is 1.32. The maximum absolute atomic E-state index is 13.2. The highest BCUT2D eigenvalue weighted by molar-refractivity contribution is 5.70. The fourth-order valence-corrected chi connectivity index (χ4v) is 5.17. The van der Waals surface area contributed by atoms with Crippen molar-refractivity contribution < 1.29 is 29.3 Å². The zero-order valence-corrected chi connectivity index (χ0v) is 20.7. The van der Waals surface area contributed by atoms with Crippen LogP contribution in [0.25, 0.3) is 0 Å². The van der Waals surface area contributed by atoms with Crippen LogP contribution in [0.3, 0.4) is 0 Å². The number of hydrogen-bond acceptors (Lipinski definition) is 6. The van der Waals surface area contributed by atoms with Gasteiger partial charge in [-0.3, -0.25) is 0 Å². The number of carbonyl (C=O) groups excluding carboxylic acids is 2. The van der Waals surface area contributed by atoms with E-state index in [9.17, 15) is 19.8 Å². The predicted octanol–water partition coefficient (Wildman–Crippen LogP) is 3.92. The van der Waals surface area contributed by atoms with Crippen LogP contribution in [-0.4, -0.2) is 64.5 Å². The second kappa shape index (κ2) is 9.17. The SMILES string of the molecule is COC(=O)N1CC(O)(c2ccc([C@H](C)N3CC[C@](CC(C)(C)O)(c4ccccc4)OC3=O)cc2)C1. The highest BCUT2D eigenvalue weighted by Crippen LogP contribution is 2.42. The van der Waals surface area contributed by atoms with Crippen LogP contribution < -0.4 is 0 Å². The maximum Gasteiger partial charge on any atom is 0.411 e. The largest absolute Gasteiger partial charge is 0.453 e. The summed E-state index contributed by atoms with van der Waals surface area (Å²) in [5, 5.41) is 21.4. The fraction of sp³-hybridized carbons (Fsp3) is 0.481. The van der Waals surface area contributed by atoms with Crippen LogP contribution >= 0.6 is 0 Å². The quantitative estimate of drug-likeness (QED) is 0.648. The number of hydrogen-bond donors (Lipinski definition) is 2. The summed E-state index contributed by atoms with van der Waals surface area (Å²) in [6.45, 7) is 6.22. The molecule has 2 saturated heterocycles. The fourth-order valence-electron chi connectivity index (χ4n) is 5.17. The molecule has 2 aliphatic heterocycles. The van der Waals surface area contributed by atoms with Gasteiger partial charge in [-0.15, -0.1) is 0 Å². The number of likely N-dealkylation sites (tertiary alicyclic amines) is 1. The lowest BCUT2D eigenvalue weighted by molar-refractivity contribution is -0.101. The molecule has 188 valence electrons. The molecule has 8 nitrogen and oxygen atoms in total. The average Bonchev–Trinajstić information content (AvgIpc) is 2.81. The minimum absolute atomic E-state index is 0.176. The van der Waals surface area contributed by atoms with E-state index in [4.69, 9.17) is 9.47 Å². The van der Waals surface area contributed by atoms with Crippen molar-refractivity contribution in [2.75, 3.05) is 26.7 Å². The Morgan fingerprint density at radius 3 is 2.29 bits per heavy atom. The minimum Gasteiger partial charge on any atom is -0.453 e. The lowest BCUT2D eigenvalue weighted by atomic mass is 9.80. The number of β-amino-alcohol motifs (C(OH)–C–C–N with tert-alkyl or cyclic N) is 1. The molecule has 2 amide bonds. The second-order valence-electron chi connectivity index (χ2n) is 10.3. The van der Waals surface area contributed by atoms with Gasteiger partial charge in [-0.1, -0.05) is 54.6 Å². The Balaban J connectivity index is 1.47. The van der Waals surface area contributed by atoms with Gasteiger partial charge in [0.1, 0.15) is 11.2 Å². The average molecular weight is 483 g/mol. The van der Waals surface area contributed by atoms with Crippen LogP contribution in [0, 0.1) is 0 Å². The molecule has 0 radical (unpaired) electrons. The van der Waals surface area contributed by atoms with Crippen molar-refractivity contribution in [2.24, 2.45) is 0 Å². The van der Waals surface area contributed by atoms with Gasteiger partial charge < -0.3 is 29.5 Å². The Kier molecular flexibility index (Phi) is 6.55. The van der Waals surface area contributed by atoms with Gasteiger partial charge in [0.15, 0.2) is 0 Å². The molecule has 0 saturated carbocycles. The zero-order valence-electron chi connectivity index (χ0n) is 20.7. The van der Waals surface area contributed by atoms with Crippen molar-refractivity contribution in [2.45, 2.75) is 56.5 Å². The third-order valence-electron chi connectivity index (χ3n) is 7.03. The second-order valence-corrected chi connectivity index (χ2v) is 10.3. The van der Waals surface area contributed by atoms with E-state index < -0.39 is 29.0 Å². The van der Waals surface area contributed by atoms with Crippen LogP contribution in [-0.2, 0) is 20.7 Å². The molecule has 2 heterocycles. The molecular weight excluding hydrogens is 448 g/mol. The number of amides is 2. The first-order valence-electron chi connectivity index (χ1n) is 11.9. The van der Waals surface area contributed by atoms with Gasteiger partial charge in [-0.2, -0.15) is 0 Å². The molecule has 4 rings (SSSR count). The number of rotatable bonds is 6. The van der Waals surface area contributed by atoms with Gasteiger partial charge in [0.05, 0.1) is 31.8 Å². The van der Waals surface area contributed by atoms with E-state index >= 15 is 0 Å². The molecule has 2 atom stereocenters. The lowest BCUT2D eigenvalue weighted by Crippen LogP contribution is -2.61. The van der Waals surface area contributed by atoms with E-state index in [-0.39, 0.29) is 19.1 Å². The molecule has 0 aromatic heterocycles. The van der Waals surface area contributed by atoms with E-state index in [0.29, 0.717) is 24.9 Å². The van der Waals surface area contributed by atoms with E-state index in [1.54, 1.807) is 18.7 Å². The normalized spacial score (nSPS) is 22.7. The van der Waals surface area contributed by atoms with Crippen LogP contribution in [0.4, 0.5) is 9.59 Å². The predicted molar refractivity (Wildman–Crippen MR) is 130 cm³/mol. The third kappa shape index (κ3) is 4.99. The summed E-state index contributed by atoms with van der Waals surface area (Å²) >= 11 is 0. The number of ether oxygens (including phenoxy) is 2. The molecule has 35 heavy (non-hydrogen) atoms. The van der Waals surface area contributed by atoms with E-state index in [2.05, 4.69) is 0 Å². The van der Waals surface area contributed by atoms with Crippen molar-refractivity contribution >= 4 is 12.2 Å². The Morgan fingerprint density at radius 1 is 1.11 bits per heavy atom. The van der Waals surface area contributed by atoms with Crippen LogP contribution in [0.2, 0.25) is 0 Å². The van der Waals surface area contributed by atoms with Crippen molar-refractivity contribution in [3.63, 3.8) is 0 Å². The Hall–Kier alpha value is -3.10. The molecule has 2 aromatic carbocycles. The molecule has 0 bridgehead atoms. The lowest BCUT2D eigenvalue weighted by Gasteiger charge is -2.46. The van der Waals surface area contributed by atoms with E-state index in [1.807, 2.05) is 61.5 Å². The summed E-state index contributed by atoms with van der Waals surface area (Å²) in [6.07, 6.45) is -0.0291. The molecule has 8 heteroatoms. The van der Waals surface area contributed by atoms with Gasteiger partial charge >= 0.3 is 12.2 Å². The summed E-state index contributed by atoms with van der Waals surface area (Å²) in [6, 6.07) is 16.8. The molecule has 0 spiro atoms. The number of methoxy groups -OCH3 is 1. The van der Waals surface area contributed by atoms with Crippen molar-refractivity contribution in [3.05, 3.63) is 71.3 Å². The summed E-state index contributed by atoms with van der Waals surface area (Å²) in [5.41, 5.74) is -0.509. The van der Waals surface area contributed by atoms with Gasteiger partial charge in [-0.25, -0.2) is 9.59 Å². The Morgan fingerprint density at radius 2 is 1.74 bits per heavy atom. The van der Waals surface area contributed by atoms with E-state index in [0.717, 1.165) is 11.1 Å². The highest BCUT2D eigenvalue weighted by atomic mass is 16.6. The number of benzene rings is 2. The Labute approximate surface area is 206 Å². The molecule has 2 aromatic rings. The highest BCUT2D eigenvalue weighted by Gasteiger charge is 2.47. The van der Waals surface area contributed by atoms with Crippen LogP contribution in [0.5, 0.6) is 0 Å². The zero-order chi connectivity index (χ0) is 25.4. The van der Waals surface area contributed by atoms with Crippen molar-refractivity contribution in [3.8, 4) is 0 Å². The van der Waals surface area contributed by atoms with Crippen LogP contribution in [0.15, 0.2) is 54.6 Å². The van der Waals surface area contributed by atoms with Gasteiger partial charge in [0.2, 0.25) is 0 Å². The van der Waals surface area contributed by atoms with Crippen LogP contribution in [0.1, 0.15) is 56.3 Å². The molecule has 2 aliphatic rings. The number of carbonyl (C=O) groups is 2. The summed E-state index contributed by atoms with van der Waals surface area (Å²) in [4.78, 5) is 28.0. The van der Waals surface area contributed by atoms with E-state index in [1.165, 1.54) is 12.0 Å². The standard InChI is InChI=1S/C27H34N2O6/c1-19(20-10-12-21(13-11-20)26(33)17-28(18-26)23(30)34-4)29-15-14-27(35-24(29)31,16-25(2,3)32)22-8-6-5-7-9-22/h5-13,19,32-33H,14-18H2,1-4H3/t19-,27-/m0/s1. The first kappa shape index (κ1) is 25.0. The smallest absolute Gasteiger partial charge is 0.411 e. The molecular formula is C27H34N2O6. The monoisotopic (exact) mass is 482 g/mol. The van der Waals surface area contributed by atoms with Crippen molar-refractivity contribution in [1.82, 2.24) is 9.80 Å². The topological polar surface area (TPSA) is 99.5 Å². The summed E-state index contributed by atoms with van der Waals surface area (Å²) < 4.78 is 10.8. The first-order chi connectivity index (χ1) is 16.5. The number of nitrogens with zero attached hydrogens (tertiary/aromatic N) is 2. The molecule has 0 unspecified atom stereocenters. The molecule has 0 aliphatic carbocycles. The summed E-state index contributed by atoms with van der Waals surface area (Å²) in [5.74, 6) is 0.